The van der Waals surface area contributed by atoms with E-state index in [1.165, 1.54) is 0 Å². The molecule has 0 aliphatic rings. The zero-order valence-electron chi connectivity index (χ0n) is 12.4. The van der Waals surface area contributed by atoms with E-state index < -0.39 is 0 Å². The molecule has 1 amide bonds. The van der Waals surface area contributed by atoms with Gasteiger partial charge in [0.25, 0.3) is 0 Å². The van der Waals surface area contributed by atoms with Gasteiger partial charge in [0.1, 0.15) is 5.82 Å². The van der Waals surface area contributed by atoms with Crippen molar-refractivity contribution in [2.75, 3.05) is 25.0 Å². The van der Waals surface area contributed by atoms with Crippen LogP contribution in [0.2, 0.25) is 0 Å². The largest absolute Gasteiger partial charge is 0.368 e. The Bertz CT molecular complexity index is 427. The van der Waals surface area contributed by atoms with Crippen molar-refractivity contribution in [1.29, 1.82) is 0 Å². The van der Waals surface area contributed by atoms with E-state index in [1.54, 1.807) is 0 Å². The number of carbonyl (C=O) groups is 1. The topological polar surface area (TPSA) is 76.2 Å². The van der Waals surface area contributed by atoms with Crippen LogP contribution in [0.15, 0.2) is 0 Å². The molecule has 0 aromatic carbocycles. The minimum Gasteiger partial charge on any atom is -0.368 e. The molecule has 0 radical (unpaired) electrons. The molecule has 6 heteroatoms. The highest BCUT2D eigenvalue weighted by molar-refractivity contribution is 5.79. The lowest BCUT2D eigenvalue weighted by Gasteiger charge is -2.24. The molecule has 0 saturated heterocycles. The fraction of sp³-hybridized carbons (Fsp3) is 0.692. The smallest absolute Gasteiger partial charge is 0.236 e. The first-order valence-corrected chi connectivity index (χ1v) is 6.71. The standard InChI is InChI=1S/C13H25N5O/c1-5-6-7-18(9-12(14)19)13-11(8-15-3)10(2)16-17(13)4/h15H,5-9H2,1-4H3,(H2,14,19). The predicted octanol–water partition coefficient (Wildman–Crippen LogP) is 0.540. The summed E-state index contributed by atoms with van der Waals surface area (Å²) in [6.45, 7) is 5.89. The summed E-state index contributed by atoms with van der Waals surface area (Å²) in [5, 5.41) is 7.60. The molecule has 0 bridgehead atoms. The number of nitrogens with one attached hydrogen (secondary N) is 1. The normalized spacial score (nSPS) is 10.7. The van der Waals surface area contributed by atoms with E-state index in [2.05, 4.69) is 17.3 Å². The molecule has 19 heavy (non-hydrogen) atoms. The Morgan fingerprint density at radius 1 is 1.53 bits per heavy atom. The number of carbonyl (C=O) groups excluding carboxylic acids is 1. The van der Waals surface area contributed by atoms with Crippen LogP contribution in [0, 0.1) is 6.92 Å². The fourth-order valence-electron chi connectivity index (χ4n) is 2.27. The van der Waals surface area contributed by atoms with Crippen molar-refractivity contribution in [2.45, 2.75) is 33.2 Å². The lowest BCUT2D eigenvalue weighted by atomic mass is 10.2. The van der Waals surface area contributed by atoms with Gasteiger partial charge in [-0.3, -0.25) is 9.48 Å². The second kappa shape index (κ2) is 7.13. The minimum absolute atomic E-state index is 0.232. The summed E-state index contributed by atoms with van der Waals surface area (Å²) in [5.41, 5.74) is 7.47. The molecule has 3 N–H and O–H groups in total. The molecular weight excluding hydrogens is 242 g/mol. The number of rotatable bonds is 8. The second-order valence-corrected chi connectivity index (χ2v) is 4.78. The Morgan fingerprint density at radius 2 is 2.21 bits per heavy atom. The molecule has 1 aromatic rings. The molecule has 0 saturated carbocycles. The van der Waals surface area contributed by atoms with Gasteiger partial charge in [0.15, 0.2) is 0 Å². The van der Waals surface area contributed by atoms with Crippen LogP contribution in [0.25, 0.3) is 0 Å². The highest BCUT2D eigenvalue weighted by Gasteiger charge is 2.19. The van der Waals surface area contributed by atoms with Gasteiger partial charge in [-0.25, -0.2) is 0 Å². The number of amides is 1. The van der Waals surface area contributed by atoms with Crippen LogP contribution in [0.1, 0.15) is 31.0 Å². The number of primary amides is 1. The zero-order chi connectivity index (χ0) is 14.4. The molecule has 108 valence electrons. The molecule has 1 rings (SSSR count). The van der Waals surface area contributed by atoms with Crippen molar-refractivity contribution < 1.29 is 4.79 Å². The Hall–Kier alpha value is -1.56. The van der Waals surface area contributed by atoms with Crippen molar-refractivity contribution in [1.82, 2.24) is 15.1 Å². The lowest BCUT2D eigenvalue weighted by Crippen LogP contribution is -2.36. The van der Waals surface area contributed by atoms with E-state index in [0.717, 1.165) is 43.0 Å². The van der Waals surface area contributed by atoms with Crippen molar-refractivity contribution in [3.05, 3.63) is 11.3 Å². The predicted molar refractivity (Wildman–Crippen MR) is 77.0 cm³/mol. The number of unbranched alkanes of at least 4 members (excludes halogenated alkanes) is 1. The van der Waals surface area contributed by atoms with Gasteiger partial charge in [-0.1, -0.05) is 13.3 Å². The van der Waals surface area contributed by atoms with Gasteiger partial charge in [0.05, 0.1) is 12.2 Å². The maximum atomic E-state index is 11.3. The van der Waals surface area contributed by atoms with Crippen LogP contribution in [0.3, 0.4) is 0 Å². The van der Waals surface area contributed by atoms with Crippen LogP contribution in [-0.4, -0.2) is 35.8 Å². The van der Waals surface area contributed by atoms with Crippen LogP contribution < -0.4 is 16.0 Å². The lowest BCUT2D eigenvalue weighted by molar-refractivity contribution is -0.116. The Labute approximate surface area is 114 Å². The van der Waals surface area contributed by atoms with Gasteiger partial charge >= 0.3 is 0 Å². The maximum absolute atomic E-state index is 11.3. The molecule has 6 nitrogen and oxygen atoms in total. The average Bonchev–Trinajstić information content (AvgIpc) is 2.60. The molecule has 0 spiro atoms. The molecule has 1 heterocycles. The number of aromatic nitrogens is 2. The van der Waals surface area contributed by atoms with E-state index in [1.807, 2.05) is 30.6 Å². The second-order valence-electron chi connectivity index (χ2n) is 4.78. The maximum Gasteiger partial charge on any atom is 0.236 e. The third-order valence-electron chi connectivity index (χ3n) is 3.09. The van der Waals surface area contributed by atoms with E-state index in [9.17, 15) is 4.79 Å². The van der Waals surface area contributed by atoms with Gasteiger partial charge in [-0.2, -0.15) is 5.10 Å². The Kier molecular flexibility index (Phi) is 5.82. The Morgan fingerprint density at radius 3 is 2.74 bits per heavy atom. The molecular formula is C13H25N5O. The first-order chi connectivity index (χ1) is 9.01. The van der Waals surface area contributed by atoms with Gasteiger partial charge < -0.3 is 16.0 Å². The van der Waals surface area contributed by atoms with Crippen LogP contribution in [0.4, 0.5) is 5.82 Å². The SMILES string of the molecule is CCCCN(CC(N)=O)c1c(CNC)c(C)nn1C. The van der Waals surface area contributed by atoms with E-state index in [-0.39, 0.29) is 12.5 Å². The Balaban J connectivity index is 3.08. The number of hydrogen-bond acceptors (Lipinski definition) is 4. The van der Waals surface area contributed by atoms with E-state index >= 15 is 0 Å². The van der Waals surface area contributed by atoms with Gasteiger partial charge in [-0.15, -0.1) is 0 Å². The van der Waals surface area contributed by atoms with Crippen molar-refractivity contribution in [2.24, 2.45) is 12.8 Å². The molecule has 0 aliphatic heterocycles. The van der Waals surface area contributed by atoms with Crippen LogP contribution in [0.5, 0.6) is 0 Å². The zero-order valence-corrected chi connectivity index (χ0v) is 12.4. The number of aryl methyl sites for hydroxylation is 2. The van der Waals surface area contributed by atoms with Gasteiger partial charge in [-0.05, 0) is 20.4 Å². The number of nitrogens with two attached hydrogens (primary N) is 1. The number of nitrogens with zero attached hydrogens (tertiary/aromatic N) is 3. The van der Waals surface area contributed by atoms with Crippen LogP contribution >= 0.6 is 0 Å². The van der Waals surface area contributed by atoms with Gasteiger partial charge in [0.2, 0.25) is 5.91 Å². The summed E-state index contributed by atoms with van der Waals surface area (Å²) < 4.78 is 1.83. The van der Waals surface area contributed by atoms with E-state index in [0.29, 0.717) is 0 Å². The molecule has 0 fully saturated rings. The summed E-state index contributed by atoms with van der Waals surface area (Å²) in [7, 11) is 3.81. The number of anilines is 1. The van der Waals surface area contributed by atoms with Crippen molar-refractivity contribution in [3.8, 4) is 0 Å². The summed E-state index contributed by atoms with van der Waals surface area (Å²) in [6, 6.07) is 0. The monoisotopic (exact) mass is 267 g/mol. The van der Waals surface area contributed by atoms with Gasteiger partial charge in [0, 0.05) is 25.7 Å². The highest BCUT2D eigenvalue weighted by atomic mass is 16.1. The van der Waals surface area contributed by atoms with Crippen LogP contribution in [-0.2, 0) is 18.4 Å². The minimum atomic E-state index is -0.314. The number of hydrogen-bond donors (Lipinski definition) is 2. The summed E-state index contributed by atoms with van der Waals surface area (Å²) in [4.78, 5) is 13.3. The molecule has 1 aromatic heterocycles. The first kappa shape index (κ1) is 15.5. The average molecular weight is 267 g/mol. The van der Waals surface area contributed by atoms with Crippen molar-refractivity contribution >= 4 is 11.7 Å². The summed E-state index contributed by atoms with van der Waals surface area (Å²) >= 11 is 0. The third kappa shape index (κ3) is 3.96. The molecule has 0 unspecified atom stereocenters. The molecule has 0 aliphatic carbocycles. The van der Waals surface area contributed by atoms with E-state index in [4.69, 9.17) is 5.73 Å². The molecule has 0 atom stereocenters. The summed E-state index contributed by atoms with van der Waals surface area (Å²) in [5.74, 6) is 0.671. The quantitative estimate of drug-likeness (QED) is 0.721. The van der Waals surface area contributed by atoms with Crippen molar-refractivity contribution in [3.63, 3.8) is 0 Å². The fourth-order valence-corrected chi connectivity index (χ4v) is 2.27. The highest BCUT2D eigenvalue weighted by Crippen LogP contribution is 2.23. The first-order valence-electron chi connectivity index (χ1n) is 6.71. The summed E-state index contributed by atoms with van der Waals surface area (Å²) in [6.07, 6.45) is 2.10. The third-order valence-corrected chi connectivity index (χ3v) is 3.09.